The van der Waals surface area contributed by atoms with Gasteiger partial charge in [-0.05, 0) is 30.7 Å². The second-order valence-electron chi connectivity index (χ2n) is 4.41. The van der Waals surface area contributed by atoms with Gasteiger partial charge in [0.2, 0.25) is 10.0 Å². The molecule has 1 rings (SSSR count). The smallest absolute Gasteiger partial charge is 0.243 e. The summed E-state index contributed by atoms with van der Waals surface area (Å²) in [6, 6.07) is 7.18. The third-order valence-electron chi connectivity index (χ3n) is 3.00. The van der Waals surface area contributed by atoms with E-state index < -0.39 is 10.0 Å². The van der Waals surface area contributed by atoms with Crippen molar-refractivity contribution >= 4 is 10.0 Å². The van der Waals surface area contributed by atoms with Crippen molar-refractivity contribution in [1.29, 1.82) is 0 Å². The van der Waals surface area contributed by atoms with Gasteiger partial charge in [-0.3, -0.25) is 0 Å². The Hall–Kier alpha value is -0.910. The molecule has 19 heavy (non-hydrogen) atoms. The average molecular weight is 284 g/mol. The van der Waals surface area contributed by atoms with E-state index in [-0.39, 0.29) is 0 Å². The Balaban J connectivity index is 2.92. The van der Waals surface area contributed by atoms with Gasteiger partial charge in [-0.2, -0.15) is 4.31 Å². The molecule has 0 saturated carbocycles. The first-order valence-corrected chi connectivity index (χ1v) is 8.30. The molecule has 0 radical (unpaired) electrons. The first-order chi connectivity index (χ1) is 9.06. The minimum absolute atomic E-state index is 0.381. The molecular formula is C14H24N2O2S. The highest BCUT2D eigenvalue weighted by Gasteiger charge is 2.21. The van der Waals surface area contributed by atoms with Crippen LogP contribution in [-0.4, -0.2) is 32.4 Å². The summed E-state index contributed by atoms with van der Waals surface area (Å²) >= 11 is 0. The highest BCUT2D eigenvalue weighted by Crippen LogP contribution is 2.16. The fraction of sp³-hybridized carbons (Fsp3) is 0.571. The van der Waals surface area contributed by atoms with Gasteiger partial charge >= 0.3 is 0 Å². The Bertz CT molecular complexity index is 482. The van der Waals surface area contributed by atoms with Crippen LogP contribution >= 0.6 is 0 Å². The Morgan fingerprint density at radius 1 is 1.16 bits per heavy atom. The highest BCUT2D eigenvalue weighted by molar-refractivity contribution is 7.89. The third kappa shape index (κ3) is 4.30. The number of hydrogen-bond donors (Lipinski definition) is 1. The lowest BCUT2D eigenvalue weighted by molar-refractivity contribution is 0.445. The molecule has 4 nitrogen and oxygen atoms in total. The van der Waals surface area contributed by atoms with Crippen LogP contribution in [0.15, 0.2) is 29.2 Å². The van der Waals surface area contributed by atoms with Crippen LogP contribution in [-0.2, 0) is 16.6 Å². The molecule has 0 heterocycles. The van der Waals surface area contributed by atoms with Crippen molar-refractivity contribution in [1.82, 2.24) is 9.62 Å². The first kappa shape index (κ1) is 16.1. The van der Waals surface area contributed by atoms with Crippen LogP contribution in [0.4, 0.5) is 0 Å². The summed E-state index contributed by atoms with van der Waals surface area (Å²) in [5.74, 6) is 0. The van der Waals surface area contributed by atoms with Gasteiger partial charge in [0.15, 0.2) is 0 Å². The van der Waals surface area contributed by atoms with Crippen LogP contribution in [0.2, 0.25) is 0 Å². The van der Waals surface area contributed by atoms with Crippen molar-refractivity contribution in [3.63, 3.8) is 0 Å². The number of nitrogens with zero attached hydrogens (tertiary/aromatic N) is 1. The van der Waals surface area contributed by atoms with Crippen LogP contribution in [0.3, 0.4) is 0 Å². The molecule has 1 N–H and O–H groups in total. The number of sulfonamides is 1. The first-order valence-electron chi connectivity index (χ1n) is 6.86. The van der Waals surface area contributed by atoms with Crippen molar-refractivity contribution in [3.05, 3.63) is 29.8 Å². The molecule has 0 aliphatic carbocycles. The zero-order valence-electron chi connectivity index (χ0n) is 12.0. The Morgan fingerprint density at radius 2 is 1.84 bits per heavy atom. The topological polar surface area (TPSA) is 49.4 Å². The molecule has 0 saturated heterocycles. The van der Waals surface area contributed by atoms with Crippen LogP contribution < -0.4 is 5.32 Å². The maximum absolute atomic E-state index is 12.4. The van der Waals surface area contributed by atoms with Gasteiger partial charge in [0.25, 0.3) is 0 Å². The Morgan fingerprint density at radius 3 is 2.42 bits per heavy atom. The molecule has 0 spiro atoms. The zero-order chi connectivity index (χ0) is 14.3. The molecule has 0 aliphatic heterocycles. The Labute approximate surface area is 116 Å². The Kier molecular flexibility index (Phi) is 6.48. The molecule has 0 fully saturated rings. The normalized spacial score (nSPS) is 12.0. The summed E-state index contributed by atoms with van der Waals surface area (Å²) < 4.78 is 26.2. The van der Waals surface area contributed by atoms with Crippen molar-refractivity contribution in [3.8, 4) is 0 Å². The molecule has 0 bridgehead atoms. The number of rotatable bonds is 8. The molecule has 1 aromatic rings. The summed E-state index contributed by atoms with van der Waals surface area (Å²) in [5, 5.41) is 3.28. The molecule has 0 atom stereocenters. The van der Waals surface area contributed by atoms with E-state index in [1.54, 1.807) is 18.2 Å². The number of nitrogens with one attached hydrogen (secondary N) is 1. The van der Waals surface area contributed by atoms with E-state index in [0.717, 1.165) is 18.5 Å². The molecule has 5 heteroatoms. The van der Waals surface area contributed by atoms with Crippen LogP contribution in [0.5, 0.6) is 0 Å². The maximum Gasteiger partial charge on any atom is 0.243 e. The summed E-state index contributed by atoms with van der Waals surface area (Å²) in [6.45, 7) is 8.45. The quantitative estimate of drug-likeness (QED) is 0.745. The SMILES string of the molecule is CCCNCc1cccc(S(=O)(=O)N(CC)CC)c1. The van der Waals surface area contributed by atoms with Gasteiger partial charge in [0.1, 0.15) is 0 Å². The fourth-order valence-corrected chi connectivity index (χ4v) is 3.47. The average Bonchev–Trinajstić information content (AvgIpc) is 2.40. The van der Waals surface area contributed by atoms with Crippen molar-refractivity contribution in [2.75, 3.05) is 19.6 Å². The fourth-order valence-electron chi connectivity index (χ4n) is 1.94. The second-order valence-corrected chi connectivity index (χ2v) is 6.35. The standard InChI is InChI=1S/C14H24N2O2S/c1-4-10-15-12-13-8-7-9-14(11-13)19(17,18)16(5-2)6-3/h7-9,11,15H,4-6,10,12H2,1-3H3. The summed E-state index contributed by atoms with van der Waals surface area (Å²) in [6.07, 6.45) is 1.07. The monoisotopic (exact) mass is 284 g/mol. The predicted octanol–water partition coefficient (Wildman–Crippen LogP) is 2.22. The van der Waals surface area contributed by atoms with Gasteiger partial charge in [0.05, 0.1) is 4.90 Å². The molecular weight excluding hydrogens is 260 g/mol. The molecule has 0 aliphatic rings. The minimum Gasteiger partial charge on any atom is -0.313 e. The minimum atomic E-state index is -3.35. The zero-order valence-corrected chi connectivity index (χ0v) is 12.8. The van der Waals surface area contributed by atoms with Gasteiger partial charge < -0.3 is 5.32 Å². The van der Waals surface area contributed by atoms with Crippen molar-refractivity contribution < 1.29 is 8.42 Å². The lowest BCUT2D eigenvalue weighted by Crippen LogP contribution is -2.30. The maximum atomic E-state index is 12.4. The van der Waals surface area contributed by atoms with E-state index in [1.165, 1.54) is 4.31 Å². The van der Waals surface area contributed by atoms with Crippen molar-refractivity contribution in [2.24, 2.45) is 0 Å². The van der Waals surface area contributed by atoms with E-state index in [4.69, 9.17) is 0 Å². The molecule has 108 valence electrons. The van der Waals surface area contributed by atoms with E-state index in [2.05, 4.69) is 12.2 Å². The van der Waals surface area contributed by atoms with Gasteiger partial charge in [0, 0.05) is 19.6 Å². The van der Waals surface area contributed by atoms with Gasteiger partial charge in [-0.15, -0.1) is 0 Å². The van der Waals surface area contributed by atoms with Gasteiger partial charge in [-0.25, -0.2) is 8.42 Å². The molecule has 0 unspecified atom stereocenters. The number of benzene rings is 1. The lowest BCUT2D eigenvalue weighted by atomic mass is 10.2. The number of hydrogen-bond acceptors (Lipinski definition) is 3. The largest absolute Gasteiger partial charge is 0.313 e. The summed E-state index contributed by atoms with van der Waals surface area (Å²) in [5.41, 5.74) is 1.00. The summed E-state index contributed by atoms with van der Waals surface area (Å²) in [4.78, 5) is 0.381. The lowest BCUT2D eigenvalue weighted by Gasteiger charge is -2.18. The van der Waals surface area contributed by atoms with Crippen molar-refractivity contribution in [2.45, 2.75) is 38.6 Å². The highest BCUT2D eigenvalue weighted by atomic mass is 32.2. The van der Waals surface area contributed by atoms with Crippen LogP contribution in [0.1, 0.15) is 32.8 Å². The third-order valence-corrected chi connectivity index (χ3v) is 5.04. The van der Waals surface area contributed by atoms with E-state index >= 15 is 0 Å². The predicted molar refractivity (Wildman–Crippen MR) is 78.5 cm³/mol. The second kappa shape index (κ2) is 7.62. The van der Waals surface area contributed by atoms with E-state index in [1.807, 2.05) is 19.9 Å². The van der Waals surface area contributed by atoms with E-state index in [9.17, 15) is 8.42 Å². The molecule has 0 amide bonds. The summed E-state index contributed by atoms with van der Waals surface area (Å²) in [7, 11) is -3.35. The van der Waals surface area contributed by atoms with E-state index in [0.29, 0.717) is 24.5 Å². The van der Waals surface area contributed by atoms with Gasteiger partial charge in [-0.1, -0.05) is 32.9 Å². The van der Waals surface area contributed by atoms with Crippen LogP contribution in [0, 0.1) is 0 Å². The molecule has 0 aromatic heterocycles. The molecule has 1 aromatic carbocycles. The van der Waals surface area contributed by atoms with Crippen LogP contribution in [0.25, 0.3) is 0 Å².